The molecule has 0 spiro atoms. The number of nitrogen functional groups attached to an aromatic ring is 1. The van der Waals surface area contributed by atoms with Gasteiger partial charge in [0.2, 0.25) is 5.91 Å². The number of nitrogens with two attached hydrogens (primary N) is 2. The molecule has 7 heteroatoms. The highest BCUT2D eigenvalue weighted by Gasteiger charge is 2.12. The third kappa shape index (κ3) is 3.77. The van der Waals surface area contributed by atoms with Crippen LogP contribution >= 0.6 is 0 Å². The number of amides is 2. The maximum Gasteiger partial charge on any atom is 0.267 e. The Morgan fingerprint density at radius 3 is 2.76 bits per heavy atom. The topological polar surface area (TPSA) is 127 Å². The lowest BCUT2D eigenvalue weighted by Crippen LogP contribution is -2.26. The Morgan fingerprint density at radius 2 is 1.96 bits per heavy atom. The molecule has 3 rings (SSSR count). The fourth-order valence-electron chi connectivity index (χ4n) is 2.62. The van der Waals surface area contributed by atoms with Gasteiger partial charge in [-0.05, 0) is 24.1 Å². The number of pyridine rings is 1. The van der Waals surface area contributed by atoms with E-state index in [9.17, 15) is 9.59 Å². The number of fused-ring (bicyclic) bond motifs is 1. The van der Waals surface area contributed by atoms with E-state index in [1.165, 1.54) is 0 Å². The van der Waals surface area contributed by atoms with Gasteiger partial charge < -0.3 is 21.8 Å². The number of hydrogen-bond acceptors (Lipinski definition) is 4. The van der Waals surface area contributed by atoms with E-state index >= 15 is 0 Å². The molecule has 1 radical (unpaired) electrons. The molecule has 0 bridgehead atoms. The van der Waals surface area contributed by atoms with E-state index in [-0.39, 0.29) is 24.0 Å². The molecule has 25 heavy (non-hydrogen) atoms. The summed E-state index contributed by atoms with van der Waals surface area (Å²) < 4.78 is 0. The molecule has 0 aliphatic carbocycles. The second kappa shape index (κ2) is 7.04. The normalized spacial score (nSPS) is 10.7. The second-order valence-corrected chi connectivity index (χ2v) is 5.59. The van der Waals surface area contributed by atoms with Gasteiger partial charge in [0.25, 0.3) is 5.91 Å². The Hall–Kier alpha value is -3.35. The van der Waals surface area contributed by atoms with Crippen LogP contribution in [0.25, 0.3) is 10.9 Å². The average molecular weight is 336 g/mol. The number of carbonyl (C=O) groups excluding carboxylic acids is 2. The fraction of sp³-hybridized carbons (Fsp3) is 0.111. The molecule has 3 aromatic rings. The van der Waals surface area contributed by atoms with E-state index in [2.05, 4.69) is 15.3 Å². The number of hydrogen-bond donors (Lipinski definition) is 4. The molecule has 0 fully saturated rings. The maximum absolute atomic E-state index is 12.1. The molecule has 0 unspecified atom stereocenters. The van der Waals surface area contributed by atoms with Gasteiger partial charge >= 0.3 is 0 Å². The molecule has 1 aromatic carbocycles. The number of aromatic amines is 1. The van der Waals surface area contributed by atoms with E-state index in [1.807, 2.05) is 30.5 Å². The summed E-state index contributed by atoms with van der Waals surface area (Å²) in [5.74, 6) is -0.716. The zero-order valence-corrected chi connectivity index (χ0v) is 13.5. The average Bonchev–Trinajstić information content (AvgIpc) is 3.02. The van der Waals surface area contributed by atoms with Crippen molar-refractivity contribution in [1.29, 1.82) is 0 Å². The lowest BCUT2D eigenvalue weighted by atomic mass is 10.1. The standard InChI is InChI=1S/C18H18N5O2/c19-15-7-5-12(17(23-15)18(20)25)10-22-16(24)8-6-11-9-21-14-4-2-1-3-13(11)14/h1-5,7-9,21H,6,10H2,(H2,19,23)(H2,20,25)(H,22,24). The Kier molecular flexibility index (Phi) is 4.65. The largest absolute Gasteiger partial charge is 0.384 e. The van der Waals surface area contributed by atoms with E-state index in [0.29, 0.717) is 12.0 Å². The minimum absolute atomic E-state index is 0.0666. The fourth-order valence-corrected chi connectivity index (χ4v) is 2.62. The summed E-state index contributed by atoms with van der Waals surface area (Å²) >= 11 is 0. The highest BCUT2D eigenvalue weighted by Crippen LogP contribution is 2.18. The van der Waals surface area contributed by atoms with E-state index in [0.717, 1.165) is 16.5 Å². The first-order valence-electron chi connectivity index (χ1n) is 7.76. The first-order valence-corrected chi connectivity index (χ1v) is 7.76. The number of anilines is 1. The number of carbonyl (C=O) groups is 2. The molecule has 0 saturated carbocycles. The molecule has 2 aromatic heterocycles. The van der Waals surface area contributed by atoms with Crippen molar-refractivity contribution in [2.24, 2.45) is 5.73 Å². The second-order valence-electron chi connectivity index (χ2n) is 5.59. The molecule has 2 amide bonds. The van der Waals surface area contributed by atoms with Gasteiger partial charge in [0.05, 0.1) is 6.42 Å². The van der Waals surface area contributed by atoms with Crippen LogP contribution in [0.5, 0.6) is 0 Å². The van der Waals surface area contributed by atoms with Crippen molar-refractivity contribution in [3.05, 3.63) is 65.8 Å². The number of aromatic nitrogens is 2. The first kappa shape index (κ1) is 16.5. The number of para-hydroxylation sites is 1. The molecule has 127 valence electrons. The third-order valence-corrected chi connectivity index (χ3v) is 3.87. The van der Waals surface area contributed by atoms with Crippen molar-refractivity contribution in [3.63, 3.8) is 0 Å². The Morgan fingerprint density at radius 1 is 1.16 bits per heavy atom. The predicted molar refractivity (Wildman–Crippen MR) is 95.3 cm³/mol. The highest BCUT2D eigenvalue weighted by molar-refractivity contribution is 5.93. The number of nitrogens with one attached hydrogen (secondary N) is 2. The van der Waals surface area contributed by atoms with E-state index in [4.69, 9.17) is 11.5 Å². The summed E-state index contributed by atoms with van der Waals surface area (Å²) in [7, 11) is 0. The Balaban J connectivity index is 1.59. The molecule has 0 aliphatic rings. The number of primary amides is 1. The van der Waals surface area contributed by atoms with E-state index < -0.39 is 5.91 Å². The number of benzene rings is 1. The SMILES string of the molecule is NC(=O)c1nc(N)ccc1CNC(=O)[CH]Cc1c[nH]c2ccccc12. The zero-order chi connectivity index (χ0) is 17.8. The van der Waals surface area contributed by atoms with Crippen LogP contribution in [-0.2, 0) is 17.8 Å². The number of rotatable bonds is 6. The van der Waals surface area contributed by atoms with Gasteiger partial charge in [-0.1, -0.05) is 24.3 Å². The minimum atomic E-state index is -0.681. The predicted octanol–water partition coefficient (Wildman–Crippen LogP) is 1.31. The monoisotopic (exact) mass is 336 g/mol. The lowest BCUT2D eigenvalue weighted by Gasteiger charge is -2.08. The van der Waals surface area contributed by atoms with Crippen molar-refractivity contribution in [2.75, 3.05) is 5.73 Å². The smallest absolute Gasteiger partial charge is 0.267 e. The highest BCUT2D eigenvalue weighted by atomic mass is 16.2. The lowest BCUT2D eigenvalue weighted by molar-refractivity contribution is -0.118. The molecule has 6 N–H and O–H groups in total. The van der Waals surface area contributed by atoms with Crippen molar-refractivity contribution in [3.8, 4) is 0 Å². The minimum Gasteiger partial charge on any atom is -0.384 e. The van der Waals surface area contributed by atoms with Crippen LogP contribution in [0, 0.1) is 6.42 Å². The van der Waals surface area contributed by atoms with Crippen molar-refractivity contribution in [1.82, 2.24) is 15.3 Å². The van der Waals surface area contributed by atoms with Crippen LogP contribution in [-0.4, -0.2) is 21.8 Å². The van der Waals surface area contributed by atoms with Gasteiger partial charge in [-0.2, -0.15) is 0 Å². The molecule has 0 saturated heterocycles. The van der Waals surface area contributed by atoms with Crippen LogP contribution in [0.15, 0.2) is 42.6 Å². The molecular formula is C18H18N5O2. The van der Waals surface area contributed by atoms with Crippen LogP contribution in [0.4, 0.5) is 5.82 Å². The van der Waals surface area contributed by atoms with Crippen LogP contribution in [0.3, 0.4) is 0 Å². The molecule has 0 atom stereocenters. The van der Waals surface area contributed by atoms with Gasteiger partial charge in [-0.15, -0.1) is 0 Å². The van der Waals surface area contributed by atoms with Gasteiger partial charge in [0.1, 0.15) is 11.5 Å². The van der Waals surface area contributed by atoms with Crippen LogP contribution in [0.2, 0.25) is 0 Å². The van der Waals surface area contributed by atoms with Gasteiger partial charge in [-0.25, -0.2) is 4.98 Å². The third-order valence-electron chi connectivity index (χ3n) is 3.87. The molecule has 7 nitrogen and oxygen atoms in total. The first-order chi connectivity index (χ1) is 12.0. The van der Waals surface area contributed by atoms with Gasteiger partial charge in [-0.3, -0.25) is 9.59 Å². The number of H-pyrrole nitrogens is 1. The summed E-state index contributed by atoms with van der Waals surface area (Å²) in [6, 6.07) is 11.1. The Bertz CT molecular complexity index is 932. The summed E-state index contributed by atoms with van der Waals surface area (Å²) in [6.07, 6.45) is 3.95. The molecule has 2 heterocycles. The van der Waals surface area contributed by atoms with Crippen LogP contribution in [0.1, 0.15) is 21.6 Å². The van der Waals surface area contributed by atoms with Crippen LogP contribution < -0.4 is 16.8 Å². The van der Waals surface area contributed by atoms with Crippen molar-refractivity contribution in [2.45, 2.75) is 13.0 Å². The summed E-state index contributed by atoms with van der Waals surface area (Å²) in [5, 5.41) is 3.82. The molecule has 0 aliphatic heterocycles. The summed E-state index contributed by atoms with van der Waals surface area (Å²) in [6.45, 7) is 0.148. The van der Waals surface area contributed by atoms with E-state index in [1.54, 1.807) is 18.6 Å². The zero-order valence-electron chi connectivity index (χ0n) is 13.5. The summed E-state index contributed by atoms with van der Waals surface area (Å²) in [5.41, 5.74) is 13.5. The van der Waals surface area contributed by atoms with Crippen molar-refractivity contribution < 1.29 is 9.59 Å². The molecular weight excluding hydrogens is 318 g/mol. The van der Waals surface area contributed by atoms with Crippen molar-refractivity contribution >= 4 is 28.5 Å². The number of nitrogens with zero attached hydrogens (tertiary/aromatic N) is 1. The Labute approximate surface area is 144 Å². The maximum atomic E-state index is 12.1. The van der Waals surface area contributed by atoms with Gasteiger partial charge in [0.15, 0.2) is 0 Å². The summed E-state index contributed by atoms with van der Waals surface area (Å²) in [4.78, 5) is 30.5. The quantitative estimate of drug-likeness (QED) is 0.541. The van der Waals surface area contributed by atoms with Gasteiger partial charge in [0, 0.05) is 29.2 Å².